The van der Waals surface area contributed by atoms with Crippen molar-refractivity contribution < 1.29 is 0 Å². The van der Waals surface area contributed by atoms with E-state index in [1.165, 1.54) is 29.7 Å². The predicted octanol–water partition coefficient (Wildman–Crippen LogP) is 4.91. The van der Waals surface area contributed by atoms with E-state index in [0.29, 0.717) is 11.8 Å². The maximum atomic E-state index is 2.69. The lowest BCUT2D eigenvalue weighted by Gasteiger charge is -2.62. The van der Waals surface area contributed by atoms with Crippen molar-refractivity contribution in [2.75, 3.05) is 26.8 Å². The number of allylic oxidation sites excluding steroid dienone is 2. The van der Waals surface area contributed by atoms with E-state index in [0.717, 1.165) is 19.8 Å². The smallest absolute Gasteiger partial charge is 0.0707 e. The number of likely N-dealkylation sites (N-methyl/N-ethyl adjacent to an activating group) is 2. The van der Waals surface area contributed by atoms with Gasteiger partial charge in [-0.15, -0.1) is 0 Å². The average Bonchev–Trinajstić information content (AvgIpc) is 2.64. The molecule has 144 valence electrons. The van der Waals surface area contributed by atoms with Crippen molar-refractivity contribution in [2.45, 2.75) is 58.3 Å². The molecule has 0 radical (unpaired) electrons. The highest BCUT2D eigenvalue weighted by Crippen LogP contribution is 2.64. The highest BCUT2D eigenvalue weighted by atomic mass is 15.3. The van der Waals surface area contributed by atoms with Crippen LogP contribution in [0.1, 0.15) is 55.9 Å². The number of hydrogen-bond donors (Lipinski definition) is 0. The van der Waals surface area contributed by atoms with E-state index < -0.39 is 0 Å². The molecule has 2 heteroatoms. The van der Waals surface area contributed by atoms with Crippen LogP contribution in [0.2, 0.25) is 0 Å². The van der Waals surface area contributed by atoms with Crippen LogP contribution in [0.5, 0.6) is 0 Å². The van der Waals surface area contributed by atoms with Gasteiger partial charge < -0.3 is 4.90 Å². The quantitative estimate of drug-likeness (QED) is 0.700. The molecular weight excluding hydrogens is 328 g/mol. The lowest BCUT2D eigenvalue weighted by atomic mass is 9.42. The second-order valence-corrected chi connectivity index (χ2v) is 10.1. The van der Waals surface area contributed by atoms with Gasteiger partial charge in [-0.25, -0.2) is 0 Å². The first-order valence-corrected chi connectivity index (χ1v) is 10.8. The van der Waals surface area contributed by atoms with Gasteiger partial charge in [-0.05, 0) is 91.2 Å². The summed E-state index contributed by atoms with van der Waals surface area (Å²) in [6.45, 7) is 15.2. The molecule has 1 saturated carbocycles. The second kappa shape index (κ2) is 5.50. The molecule has 6 rings (SSSR count). The molecule has 0 spiro atoms. The van der Waals surface area contributed by atoms with E-state index in [1.807, 2.05) is 0 Å². The van der Waals surface area contributed by atoms with Crippen LogP contribution in [0.3, 0.4) is 0 Å². The van der Waals surface area contributed by atoms with E-state index in [9.17, 15) is 0 Å². The van der Waals surface area contributed by atoms with Gasteiger partial charge in [0.1, 0.15) is 0 Å². The zero-order chi connectivity index (χ0) is 19.1. The Balaban J connectivity index is 1.72. The first-order chi connectivity index (χ1) is 12.8. The molecular formula is C25H34N2. The molecule has 2 fully saturated rings. The zero-order valence-corrected chi connectivity index (χ0v) is 17.9. The maximum absolute atomic E-state index is 2.69. The topological polar surface area (TPSA) is 6.48 Å². The summed E-state index contributed by atoms with van der Waals surface area (Å²) in [4.78, 5) is 5.03. The third-order valence-corrected chi connectivity index (χ3v) is 8.51. The van der Waals surface area contributed by atoms with Gasteiger partial charge in [-0.3, -0.25) is 4.90 Å². The third kappa shape index (κ3) is 2.17. The Morgan fingerprint density at radius 3 is 2.07 bits per heavy atom. The summed E-state index contributed by atoms with van der Waals surface area (Å²) < 4.78 is 0. The van der Waals surface area contributed by atoms with Crippen LogP contribution in [0.25, 0.3) is 0 Å². The van der Waals surface area contributed by atoms with E-state index in [1.54, 1.807) is 16.7 Å². The summed E-state index contributed by atoms with van der Waals surface area (Å²) in [6.07, 6.45) is 8.01. The molecule has 4 aliphatic carbocycles. The monoisotopic (exact) mass is 362 g/mol. The zero-order valence-electron chi connectivity index (χ0n) is 17.9. The third-order valence-electron chi connectivity index (χ3n) is 8.51. The van der Waals surface area contributed by atoms with Gasteiger partial charge in [-0.2, -0.15) is 0 Å². The standard InChI is InChI=1S/C25H34N2/c1-7-27-15-26(6)14-18-12-21-22(13-23(18)27)25(5)9-8-24(21,4)19-10-16(2)17(3)11-20(19)25/h10-13,21-22H,7-9,14-15H2,1-6H3. The SMILES string of the molecule is CCN1CN(C)CC2=CC3C(C=C21)C1(C)CCC3(C)c2cc(C)c(C)cc21. The fourth-order valence-electron chi connectivity index (χ4n) is 6.61. The van der Waals surface area contributed by atoms with Crippen molar-refractivity contribution in [3.63, 3.8) is 0 Å². The van der Waals surface area contributed by atoms with Crippen molar-refractivity contribution in [3.05, 3.63) is 57.8 Å². The van der Waals surface area contributed by atoms with Crippen molar-refractivity contribution in [2.24, 2.45) is 11.8 Å². The molecule has 2 bridgehead atoms. The number of nitrogens with zero attached hydrogens (tertiary/aromatic N) is 2. The van der Waals surface area contributed by atoms with Crippen LogP contribution < -0.4 is 0 Å². The summed E-state index contributed by atoms with van der Waals surface area (Å²) in [5.74, 6) is 1.26. The minimum Gasteiger partial charge on any atom is -0.359 e. The number of fused-ring (bicyclic) bond motifs is 2. The minimum absolute atomic E-state index is 0.272. The van der Waals surface area contributed by atoms with Crippen LogP contribution in [0.4, 0.5) is 0 Å². The normalized spacial score (nSPS) is 37.3. The van der Waals surface area contributed by atoms with Crippen LogP contribution in [-0.2, 0) is 10.8 Å². The summed E-state index contributed by atoms with van der Waals surface area (Å²) >= 11 is 0. The summed E-state index contributed by atoms with van der Waals surface area (Å²) in [7, 11) is 2.25. The Bertz CT molecular complexity index is 879. The second-order valence-electron chi connectivity index (χ2n) is 10.1. The van der Waals surface area contributed by atoms with Gasteiger partial charge in [0, 0.05) is 18.8 Å². The van der Waals surface area contributed by atoms with Crippen LogP contribution in [0.15, 0.2) is 35.6 Å². The largest absolute Gasteiger partial charge is 0.359 e. The fraction of sp³-hybridized carbons (Fsp3) is 0.600. The Kier molecular flexibility index (Phi) is 3.58. The Morgan fingerprint density at radius 2 is 1.52 bits per heavy atom. The highest BCUT2D eigenvalue weighted by molar-refractivity contribution is 5.55. The molecule has 0 amide bonds. The Hall–Kier alpha value is -1.54. The van der Waals surface area contributed by atoms with Gasteiger partial charge in [0.05, 0.1) is 6.67 Å². The molecule has 1 aromatic carbocycles. The van der Waals surface area contributed by atoms with Crippen LogP contribution >= 0.6 is 0 Å². The molecule has 0 N–H and O–H groups in total. The van der Waals surface area contributed by atoms with Gasteiger partial charge in [0.25, 0.3) is 0 Å². The predicted molar refractivity (Wildman–Crippen MR) is 113 cm³/mol. The van der Waals surface area contributed by atoms with E-state index in [4.69, 9.17) is 0 Å². The molecule has 27 heavy (non-hydrogen) atoms. The van der Waals surface area contributed by atoms with Crippen molar-refractivity contribution in [3.8, 4) is 0 Å². The number of hydrogen-bond acceptors (Lipinski definition) is 2. The Labute approximate surface area is 164 Å². The van der Waals surface area contributed by atoms with Crippen molar-refractivity contribution in [1.82, 2.24) is 9.80 Å². The maximum Gasteiger partial charge on any atom is 0.0707 e. The molecule has 1 aromatic rings. The fourth-order valence-corrected chi connectivity index (χ4v) is 6.61. The lowest BCUT2D eigenvalue weighted by molar-refractivity contribution is 0.0744. The van der Waals surface area contributed by atoms with Gasteiger partial charge in [0.2, 0.25) is 0 Å². The van der Waals surface area contributed by atoms with Gasteiger partial charge >= 0.3 is 0 Å². The Morgan fingerprint density at radius 1 is 0.963 bits per heavy atom. The molecule has 1 aliphatic heterocycles. The minimum atomic E-state index is 0.272. The van der Waals surface area contributed by atoms with E-state index >= 15 is 0 Å². The molecule has 4 atom stereocenters. The highest BCUT2D eigenvalue weighted by Gasteiger charge is 2.59. The molecule has 5 aliphatic rings. The van der Waals surface area contributed by atoms with Gasteiger partial charge in [-0.1, -0.05) is 38.1 Å². The lowest BCUT2D eigenvalue weighted by Crippen LogP contribution is -2.57. The molecule has 1 heterocycles. The van der Waals surface area contributed by atoms with E-state index in [-0.39, 0.29) is 10.8 Å². The van der Waals surface area contributed by atoms with Crippen LogP contribution in [0, 0.1) is 25.7 Å². The molecule has 2 nitrogen and oxygen atoms in total. The number of aryl methyl sites for hydroxylation is 2. The average molecular weight is 363 g/mol. The number of benzene rings is 1. The molecule has 1 saturated heterocycles. The van der Waals surface area contributed by atoms with Crippen LogP contribution in [-0.4, -0.2) is 36.6 Å². The first-order valence-electron chi connectivity index (χ1n) is 10.8. The summed E-state index contributed by atoms with van der Waals surface area (Å²) in [6, 6.07) is 5.06. The van der Waals surface area contributed by atoms with Gasteiger partial charge in [0.15, 0.2) is 0 Å². The molecule has 4 unspecified atom stereocenters. The summed E-state index contributed by atoms with van der Waals surface area (Å²) in [5.41, 5.74) is 9.84. The number of rotatable bonds is 1. The summed E-state index contributed by atoms with van der Waals surface area (Å²) in [5, 5.41) is 0. The van der Waals surface area contributed by atoms with Crippen molar-refractivity contribution in [1.29, 1.82) is 0 Å². The molecule has 0 aromatic heterocycles. The first kappa shape index (κ1) is 17.6. The van der Waals surface area contributed by atoms with E-state index in [2.05, 4.69) is 75.8 Å². The van der Waals surface area contributed by atoms with Crippen molar-refractivity contribution >= 4 is 0 Å².